The zero-order valence-electron chi connectivity index (χ0n) is 10.7. The molecule has 1 aliphatic heterocycles. The molecule has 1 unspecified atom stereocenters. The van der Waals surface area contributed by atoms with Crippen molar-refractivity contribution >= 4 is 6.72 Å². The van der Waals surface area contributed by atoms with E-state index in [0.717, 1.165) is 19.5 Å². The molecular formula is C14H21N3. The Balaban J connectivity index is 2.11. The molecule has 0 aliphatic carbocycles. The smallest absolute Gasteiger partial charge is 0.0482 e. The molecule has 0 aromatic heterocycles. The average Bonchev–Trinajstić information content (AvgIpc) is 2.37. The van der Waals surface area contributed by atoms with Crippen LogP contribution in [0.4, 0.5) is 0 Å². The van der Waals surface area contributed by atoms with Gasteiger partial charge in [0.15, 0.2) is 0 Å². The van der Waals surface area contributed by atoms with Gasteiger partial charge in [0, 0.05) is 31.9 Å². The van der Waals surface area contributed by atoms with Crippen molar-refractivity contribution in [2.45, 2.75) is 32.4 Å². The molecule has 0 bridgehead atoms. The highest BCUT2D eigenvalue weighted by Crippen LogP contribution is 2.30. The van der Waals surface area contributed by atoms with E-state index < -0.39 is 0 Å². The summed E-state index contributed by atoms with van der Waals surface area (Å²) in [7, 11) is 0. The van der Waals surface area contributed by atoms with Gasteiger partial charge < -0.3 is 5.43 Å². The molecule has 0 fully saturated rings. The fourth-order valence-corrected chi connectivity index (χ4v) is 2.71. The van der Waals surface area contributed by atoms with Gasteiger partial charge in [-0.2, -0.15) is 5.10 Å². The largest absolute Gasteiger partial charge is 0.309 e. The normalized spacial score (nSPS) is 21.6. The Morgan fingerprint density at radius 3 is 3.06 bits per heavy atom. The molecule has 0 saturated carbocycles. The minimum atomic E-state index is 0.476. The van der Waals surface area contributed by atoms with Gasteiger partial charge in [0.05, 0.1) is 0 Å². The summed E-state index contributed by atoms with van der Waals surface area (Å²) in [6.07, 6.45) is 1.15. The van der Waals surface area contributed by atoms with Crippen molar-refractivity contribution in [1.29, 1.82) is 0 Å². The van der Waals surface area contributed by atoms with Crippen molar-refractivity contribution < 1.29 is 0 Å². The van der Waals surface area contributed by atoms with E-state index in [9.17, 15) is 0 Å². The first-order valence-corrected chi connectivity index (χ1v) is 6.26. The SMILES string of the molecule is C=NNCC(C)N1CCc2ccccc2[C@H]1C. The van der Waals surface area contributed by atoms with E-state index in [4.69, 9.17) is 0 Å². The predicted octanol–water partition coefficient (Wildman–Crippen LogP) is 2.20. The summed E-state index contributed by atoms with van der Waals surface area (Å²) in [6, 6.07) is 9.72. The molecule has 1 N–H and O–H groups in total. The zero-order valence-corrected chi connectivity index (χ0v) is 10.7. The maximum atomic E-state index is 3.71. The third kappa shape index (κ3) is 2.50. The lowest BCUT2D eigenvalue weighted by atomic mass is 9.92. The molecule has 1 aliphatic rings. The molecule has 2 rings (SSSR count). The van der Waals surface area contributed by atoms with E-state index in [1.807, 2.05) is 0 Å². The molecule has 17 heavy (non-hydrogen) atoms. The molecule has 0 radical (unpaired) electrons. The van der Waals surface area contributed by atoms with Crippen LogP contribution in [0.5, 0.6) is 0 Å². The first kappa shape index (κ1) is 12.1. The van der Waals surface area contributed by atoms with Crippen molar-refractivity contribution in [3.63, 3.8) is 0 Å². The minimum absolute atomic E-state index is 0.476. The van der Waals surface area contributed by atoms with E-state index >= 15 is 0 Å². The highest BCUT2D eigenvalue weighted by molar-refractivity contribution is 5.32. The van der Waals surface area contributed by atoms with Gasteiger partial charge in [-0.1, -0.05) is 24.3 Å². The average molecular weight is 231 g/mol. The van der Waals surface area contributed by atoms with Crippen LogP contribution in [0, 0.1) is 0 Å². The molecule has 0 saturated heterocycles. The highest BCUT2D eigenvalue weighted by atomic mass is 15.3. The van der Waals surface area contributed by atoms with Gasteiger partial charge in [-0.05, 0) is 31.4 Å². The summed E-state index contributed by atoms with van der Waals surface area (Å²) in [5, 5.41) is 3.71. The Kier molecular flexibility index (Phi) is 3.79. The van der Waals surface area contributed by atoms with Crippen molar-refractivity contribution in [3.05, 3.63) is 35.4 Å². The lowest BCUT2D eigenvalue weighted by molar-refractivity contribution is 0.142. The van der Waals surface area contributed by atoms with Crippen LogP contribution in [0.15, 0.2) is 29.4 Å². The van der Waals surface area contributed by atoms with Crippen LogP contribution in [0.2, 0.25) is 0 Å². The molecule has 2 atom stereocenters. The standard InChI is InChI=1S/C14H21N3/c1-11(10-16-15-3)17-9-8-13-6-4-5-7-14(13)12(17)2/h4-7,11-12,16H,3,8-10H2,1-2H3/t11?,12-/m1/s1. The van der Waals surface area contributed by atoms with Gasteiger partial charge in [0.2, 0.25) is 0 Å². The van der Waals surface area contributed by atoms with Gasteiger partial charge in [-0.3, -0.25) is 4.90 Å². The Labute approximate surface area is 104 Å². The first-order chi connectivity index (χ1) is 8.24. The van der Waals surface area contributed by atoms with Crippen LogP contribution in [-0.4, -0.2) is 30.7 Å². The molecule has 1 aromatic carbocycles. The first-order valence-electron chi connectivity index (χ1n) is 6.26. The van der Waals surface area contributed by atoms with Crippen molar-refractivity contribution in [2.75, 3.05) is 13.1 Å². The topological polar surface area (TPSA) is 27.6 Å². The van der Waals surface area contributed by atoms with Crippen molar-refractivity contribution in [3.8, 4) is 0 Å². The van der Waals surface area contributed by atoms with Crippen LogP contribution >= 0.6 is 0 Å². The van der Waals surface area contributed by atoms with Crippen LogP contribution in [-0.2, 0) is 6.42 Å². The number of hydrogen-bond acceptors (Lipinski definition) is 3. The molecule has 1 aromatic rings. The van der Waals surface area contributed by atoms with E-state index in [1.165, 1.54) is 11.1 Å². The Morgan fingerprint density at radius 1 is 1.53 bits per heavy atom. The summed E-state index contributed by atoms with van der Waals surface area (Å²) in [5.74, 6) is 0. The Morgan fingerprint density at radius 2 is 2.29 bits per heavy atom. The van der Waals surface area contributed by atoms with Crippen molar-refractivity contribution in [1.82, 2.24) is 10.3 Å². The number of hydrogen-bond donors (Lipinski definition) is 1. The fourth-order valence-electron chi connectivity index (χ4n) is 2.71. The maximum absolute atomic E-state index is 3.71. The van der Waals surface area contributed by atoms with Gasteiger partial charge in [-0.15, -0.1) is 0 Å². The van der Waals surface area contributed by atoms with Crippen LogP contribution in [0.3, 0.4) is 0 Å². The number of hydrazone groups is 1. The lowest BCUT2D eigenvalue weighted by Crippen LogP contribution is -2.44. The van der Waals surface area contributed by atoms with E-state index in [0.29, 0.717) is 12.1 Å². The van der Waals surface area contributed by atoms with Crippen molar-refractivity contribution in [2.24, 2.45) is 5.10 Å². The van der Waals surface area contributed by atoms with Crippen LogP contribution in [0.25, 0.3) is 0 Å². The molecule has 1 heterocycles. The summed E-state index contributed by atoms with van der Waals surface area (Å²) >= 11 is 0. The third-order valence-corrected chi connectivity index (χ3v) is 3.71. The molecule has 3 heteroatoms. The van der Waals surface area contributed by atoms with Crippen LogP contribution < -0.4 is 5.43 Å². The molecular weight excluding hydrogens is 210 g/mol. The summed E-state index contributed by atoms with van der Waals surface area (Å²) in [5.41, 5.74) is 5.93. The molecule has 0 amide bonds. The van der Waals surface area contributed by atoms with Gasteiger partial charge in [0.25, 0.3) is 0 Å². The van der Waals surface area contributed by atoms with E-state index in [2.05, 4.69) is 60.3 Å². The number of rotatable bonds is 4. The number of benzene rings is 1. The summed E-state index contributed by atoms with van der Waals surface area (Å²) in [6.45, 7) is 9.96. The molecule has 3 nitrogen and oxygen atoms in total. The van der Waals surface area contributed by atoms with Gasteiger partial charge in [0.1, 0.15) is 0 Å². The molecule has 0 spiro atoms. The van der Waals surface area contributed by atoms with Gasteiger partial charge >= 0.3 is 0 Å². The quantitative estimate of drug-likeness (QED) is 0.635. The fraction of sp³-hybridized carbons (Fsp3) is 0.500. The second kappa shape index (κ2) is 5.32. The third-order valence-electron chi connectivity index (χ3n) is 3.71. The summed E-state index contributed by atoms with van der Waals surface area (Å²) in [4.78, 5) is 2.53. The Bertz CT molecular complexity index is 389. The number of fused-ring (bicyclic) bond motifs is 1. The highest BCUT2D eigenvalue weighted by Gasteiger charge is 2.26. The Hall–Kier alpha value is -1.35. The minimum Gasteiger partial charge on any atom is -0.309 e. The second-order valence-electron chi connectivity index (χ2n) is 4.73. The monoisotopic (exact) mass is 231 g/mol. The van der Waals surface area contributed by atoms with E-state index in [1.54, 1.807) is 0 Å². The second-order valence-corrected chi connectivity index (χ2v) is 4.73. The number of nitrogens with one attached hydrogen (secondary N) is 1. The summed E-state index contributed by atoms with van der Waals surface area (Å²) < 4.78 is 0. The van der Waals surface area contributed by atoms with Gasteiger partial charge in [-0.25, -0.2) is 0 Å². The lowest BCUT2D eigenvalue weighted by Gasteiger charge is -2.39. The van der Waals surface area contributed by atoms with E-state index in [-0.39, 0.29) is 0 Å². The number of nitrogens with zero attached hydrogens (tertiary/aromatic N) is 2. The molecule has 92 valence electrons. The zero-order chi connectivity index (χ0) is 12.3. The predicted molar refractivity (Wildman–Crippen MR) is 72.3 cm³/mol. The maximum Gasteiger partial charge on any atom is 0.0482 e. The van der Waals surface area contributed by atoms with Crippen LogP contribution in [0.1, 0.15) is 31.0 Å².